The van der Waals surface area contributed by atoms with E-state index in [0.29, 0.717) is 22.6 Å². The summed E-state index contributed by atoms with van der Waals surface area (Å²) in [6.07, 6.45) is 5.29. The molecule has 9 nitrogen and oxygen atoms in total. The molecule has 0 spiro atoms. The topological polar surface area (TPSA) is 102 Å². The molecule has 0 unspecified atom stereocenters. The van der Waals surface area contributed by atoms with Crippen molar-refractivity contribution < 1.29 is 4.39 Å². The minimum atomic E-state index is -0.403. The molecule has 1 saturated heterocycles. The zero-order valence-electron chi connectivity index (χ0n) is 20.5. The zero-order valence-corrected chi connectivity index (χ0v) is 20.5. The van der Waals surface area contributed by atoms with Crippen LogP contribution in [-0.4, -0.2) is 74.3 Å². The maximum absolute atomic E-state index is 15.1. The minimum Gasteiger partial charge on any atom is -0.382 e. The number of benzene rings is 1. The summed E-state index contributed by atoms with van der Waals surface area (Å²) in [4.78, 5) is 21.6. The third kappa shape index (κ3) is 4.03. The molecule has 0 amide bonds. The monoisotopic (exact) mass is 485 g/mol. The van der Waals surface area contributed by atoms with Gasteiger partial charge in [-0.2, -0.15) is 5.10 Å². The van der Waals surface area contributed by atoms with E-state index in [1.807, 2.05) is 18.2 Å². The molecule has 5 heterocycles. The van der Waals surface area contributed by atoms with Crippen molar-refractivity contribution in [1.29, 1.82) is 0 Å². The van der Waals surface area contributed by atoms with Gasteiger partial charge in [0, 0.05) is 61.8 Å². The van der Waals surface area contributed by atoms with E-state index in [2.05, 4.69) is 61.2 Å². The van der Waals surface area contributed by atoms with E-state index < -0.39 is 5.82 Å². The molecule has 3 N–H and O–H groups in total. The molecule has 1 aromatic carbocycles. The van der Waals surface area contributed by atoms with Crippen molar-refractivity contribution in [1.82, 2.24) is 35.0 Å². The first-order chi connectivity index (χ1) is 17.5. The van der Waals surface area contributed by atoms with Gasteiger partial charge in [-0.05, 0) is 50.7 Å². The highest BCUT2D eigenvalue weighted by Crippen LogP contribution is 2.34. The predicted octanol–water partition coefficient (Wildman–Crippen LogP) is 4.27. The predicted molar refractivity (Wildman–Crippen MR) is 141 cm³/mol. The van der Waals surface area contributed by atoms with Crippen molar-refractivity contribution >= 4 is 33.4 Å². The molecular formula is C26H28FN9. The Morgan fingerprint density at radius 3 is 2.69 bits per heavy atom. The van der Waals surface area contributed by atoms with Crippen LogP contribution in [0.15, 0.2) is 42.9 Å². The third-order valence-corrected chi connectivity index (χ3v) is 6.59. The van der Waals surface area contributed by atoms with Crippen LogP contribution in [0.3, 0.4) is 0 Å². The van der Waals surface area contributed by atoms with Crippen LogP contribution >= 0.6 is 0 Å². The normalized spacial score (nSPS) is 14.9. The van der Waals surface area contributed by atoms with Crippen LogP contribution in [0, 0.1) is 5.82 Å². The Morgan fingerprint density at radius 2 is 1.89 bits per heavy atom. The van der Waals surface area contributed by atoms with Crippen LogP contribution in [0.25, 0.3) is 44.7 Å². The van der Waals surface area contributed by atoms with Crippen molar-refractivity contribution in [3.05, 3.63) is 48.7 Å². The van der Waals surface area contributed by atoms with Crippen LogP contribution in [0.1, 0.15) is 13.8 Å². The first-order valence-electron chi connectivity index (χ1n) is 12.1. The van der Waals surface area contributed by atoms with Gasteiger partial charge in [0.25, 0.3) is 0 Å². The molecule has 0 atom stereocenters. The highest BCUT2D eigenvalue weighted by molar-refractivity contribution is 5.97. The molecule has 5 aromatic rings. The minimum absolute atomic E-state index is 0.263. The average molecular weight is 486 g/mol. The molecule has 0 radical (unpaired) electrons. The molecule has 1 aliphatic heterocycles. The maximum Gasteiger partial charge on any atom is 0.180 e. The lowest BCUT2D eigenvalue weighted by Crippen LogP contribution is -2.44. The van der Waals surface area contributed by atoms with E-state index in [1.54, 1.807) is 18.6 Å². The molecule has 36 heavy (non-hydrogen) atoms. The lowest BCUT2D eigenvalue weighted by molar-refractivity contribution is 0.313. The molecule has 10 heteroatoms. The number of nitrogens with one attached hydrogen (secondary N) is 3. The molecular weight excluding hydrogens is 457 g/mol. The van der Waals surface area contributed by atoms with Crippen molar-refractivity contribution in [3.8, 4) is 22.6 Å². The maximum atomic E-state index is 15.1. The second-order valence-corrected chi connectivity index (χ2v) is 9.62. The van der Waals surface area contributed by atoms with Gasteiger partial charge in [0.15, 0.2) is 17.3 Å². The van der Waals surface area contributed by atoms with Gasteiger partial charge in [-0.15, -0.1) is 0 Å². The van der Waals surface area contributed by atoms with E-state index >= 15 is 4.39 Å². The summed E-state index contributed by atoms with van der Waals surface area (Å²) < 4.78 is 15.1. The Hall–Kier alpha value is -4.05. The number of aromatic nitrogens is 6. The van der Waals surface area contributed by atoms with Crippen LogP contribution in [0.2, 0.25) is 0 Å². The summed E-state index contributed by atoms with van der Waals surface area (Å²) in [5, 5.41) is 11.2. The molecule has 184 valence electrons. The van der Waals surface area contributed by atoms with Crippen molar-refractivity contribution in [2.45, 2.75) is 19.9 Å². The van der Waals surface area contributed by atoms with Crippen LogP contribution in [-0.2, 0) is 0 Å². The molecule has 4 aromatic heterocycles. The summed E-state index contributed by atoms with van der Waals surface area (Å²) in [6, 6.07) is 7.67. The number of hydrogen-bond donors (Lipinski definition) is 3. The summed E-state index contributed by atoms with van der Waals surface area (Å²) >= 11 is 0. The van der Waals surface area contributed by atoms with Gasteiger partial charge in [-0.3, -0.25) is 10.1 Å². The number of fused-ring (bicyclic) bond motifs is 2. The lowest BCUT2D eigenvalue weighted by Gasteiger charge is -2.34. The number of anilines is 2. The fourth-order valence-corrected chi connectivity index (χ4v) is 4.76. The van der Waals surface area contributed by atoms with E-state index in [1.165, 1.54) is 6.07 Å². The Bertz CT molecular complexity index is 1550. The zero-order chi connectivity index (χ0) is 24.8. The number of H-pyrrole nitrogens is 2. The quantitative estimate of drug-likeness (QED) is 0.342. The SMILES string of the molecule is CC(C)Nc1cncc(-c2cc(F)c3n[nH]c(-c4nc5nccc(N6CCN(C)CC6)c5[nH]4)c3c2)c1. The number of likely N-dealkylation sites (N-methyl/N-ethyl adjacent to an activating group) is 1. The first-order valence-corrected chi connectivity index (χ1v) is 12.1. The number of nitrogens with zero attached hydrogens (tertiary/aromatic N) is 6. The number of hydrogen-bond acceptors (Lipinski definition) is 7. The molecule has 0 bridgehead atoms. The smallest absolute Gasteiger partial charge is 0.180 e. The van der Waals surface area contributed by atoms with Gasteiger partial charge >= 0.3 is 0 Å². The van der Waals surface area contributed by atoms with E-state index in [9.17, 15) is 0 Å². The highest BCUT2D eigenvalue weighted by atomic mass is 19.1. The molecule has 1 fully saturated rings. The van der Waals surface area contributed by atoms with E-state index in [4.69, 9.17) is 4.98 Å². The fourth-order valence-electron chi connectivity index (χ4n) is 4.76. The standard InChI is InChI=1S/C26H28FN9/c1-15(2)30-18-10-17(13-28-14-18)16-11-19-22(20(27)12-16)33-34-23(19)26-31-24-21(4-5-29-25(24)32-26)36-8-6-35(3)7-9-36/h4-5,10-15,30H,6-9H2,1-3H3,(H,33,34)(H,29,31,32). The molecule has 6 rings (SSSR count). The van der Waals surface area contributed by atoms with Crippen molar-refractivity contribution in [3.63, 3.8) is 0 Å². The van der Waals surface area contributed by atoms with E-state index in [0.717, 1.165) is 54.2 Å². The van der Waals surface area contributed by atoms with Crippen molar-refractivity contribution in [2.24, 2.45) is 0 Å². The van der Waals surface area contributed by atoms with Gasteiger partial charge in [0.05, 0.1) is 11.4 Å². The number of halogens is 1. The molecule has 1 aliphatic rings. The lowest BCUT2D eigenvalue weighted by atomic mass is 10.0. The Kier molecular flexibility index (Phi) is 5.52. The van der Waals surface area contributed by atoms with E-state index in [-0.39, 0.29) is 11.6 Å². The fraction of sp³-hybridized carbons (Fsp3) is 0.308. The number of aromatic amines is 2. The van der Waals surface area contributed by atoms with Gasteiger partial charge in [-0.25, -0.2) is 14.4 Å². The largest absolute Gasteiger partial charge is 0.382 e. The summed E-state index contributed by atoms with van der Waals surface area (Å²) in [5.41, 5.74) is 5.87. The Labute approximate surface area is 207 Å². The number of imidazole rings is 1. The number of rotatable bonds is 5. The Balaban J connectivity index is 1.42. The second-order valence-electron chi connectivity index (χ2n) is 9.62. The van der Waals surface area contributed by atoms with Gasteiger partial charge in [0.1, 0.15) is 16.7 Å². The first kappa shape index (κ1) is 22.4. The van der Waals surface area contributed by atoms with Crippen LogP contribution < -0.4 is 10.2 Å². The highest BCUT2D eigenvalue weighted by Gasteiger charge is 2.21. The third-order valence-electron chi connectivity index (χ3n) is 6.59. The Morgan fingerprint density at radius 1 is 1.06 bits per heavy atom. The summed E-state index contributed by atoms with van der Waals surface area (Å²) in [6.45, 7) is 8.00. The number of pyridine rings is 2. The van der Waals surface area contributed by atoms with Gasteiger partial charge in [0.2, 0.25) is 0 Å². The second kappa shape index (κ2) is 8.87. The average Bonchev–Trinajstić information content (AvgIpc) is 3.48. The van der Waals surface area contributed by atoms with Gasteiger partial charge < -0.3 is 20.1 Å². The van der Waals surface area contributed by atoms with Crippen molar-refractivity contribution in [2.75, 3.05) is 43.4 Å². The molecule has 0 saturated carbocycles. The molecule has 0 aliphatic carbocycles. The van der Waals surface area contributed by atoms with Gasteiger partial charge in [-0.1, -0.05) is 0 Å². The van der Waals surface area contributed by atoms with Crippen LogP contribution in [0.5, 0.6) is 0 Å². The summed E-state index contributed by atoms with van der Waals surface area (Å²) in [5.74, 6) is 0.172. The van der Waals surface area contributed by atoms with Crippen LogP contribution in [0.4, 0.5) is 15.8 Å². The number of piperazine rings is 1. The summed E-state index contributed by atoms with van der Waals surface area (Å²) in [7, 11) is 2.14.